The molecule has 12 nitrogen and oxygen atoms in total. The van der Waals surface area contributed by atoms with Gasteiger partial charge in [0.2, 0.25) is 11.9 Å². The highest BCUT2D eigenvalue weighted by atomic mass is 19.3. The van der Waals surface area contributed by atoms with Crippen LogP contribution in [0.1, 0.15) is 45.6 Å². The average Bonchev–Trinajstić information content (AvgIpc) is 3.53. The van der Waals surface area contributed by atoms with Gasteiger partial charge in [-0.3, -0.25) is 9.59 Å². The van der Waals surface area contributed by atoms with Crippen molar-refractivity contribution in [3.8, 4) is 17.0 Å². The molecule has 3 aromatic heterocycles. The van der Waals surface area contributed by atoms with Gasteiger partial charge in [-0.15, -0.1) is 0 Å². The van der Waals surface area contributed by atoms with Crippen LogP contribution in [0.2, 0.25) is 0 Å². The molecule has 2 atom stereocenters. The van der Waals surface area contributed by atoms with Crippen molar-refractivity contribution < 1.29 is 28.2 Å². The topological polar surface area (TPSA) is 129 Å². The molecular weight excluding hydrogens is 550 g/mol. The average molecular weight is 577 g/mol. The van der Waals surface area contributed by atoms with Crippen LogP contribution in [0.4, 0.5) is 14.7 Å². The third-order valence-corrected chi connectivity index (χ3v) is 8.31. The Morgan fingerprint density at radius 3 is 2.60 bits per heavy atom. The lowest BCUT2D eigenvalue weighted by molar-refractivity contribution is -0.134. The third-order valence-electron chi connectivity index (χ3n) is 8.31. The molecule has 2 aliphatic heterocycles. The number of alkyl halides is 2. The maximum Gasteiger partial charge on any atom is 0.387 e. The lowest BCUT2D eigenvalue weighted by Crippen LogP contribution is -2.50. The van der Waals surface area contributed by atoms with Crippen LogP contribution in [0.15, 0.2) is 42.9 Å². The Balaban J connectivity index is 1.23. The molecule has 3 aliphatic rings. The first-order valence-electron chi connectivity index (χ1n) is 13.5. The highest BCUT2D eigenvalue weighted by Gasteiger charge is 2.46. The molecule has 0 saturated carbocycles. The van der Waals surface area contributed by atoms with E-state index in [0.717, 1.165) is 5.56 Å². The lowest BCUT2D eigenvalue weighted by atomic mass is 9.89. The number of aliphatic hydroxyl groups is 1. The fourth-order valence-electron chi connectivity index (χ4n) is 6.25. The second kappa shape index (κ2) is 9.98. The summed E-state index contributed by atoms with van der Waals surface area (Å²) in [4.78, 5) is 44.2. The number of carbonyl (C=O) groups is 2. The Labute approximate surface area is 238 Å². The third kappa shape index (κ3) is 4.12. The van der Waals surface area contributed by atoms with E-state index in [4.69, 9.17) is 19.9 Å². The van der Waals surface area contributed by atoms with Gasteiger partial charge >= 0.3 is 6.61 Å². The van der Waals surface area contributed by atoms with Gasteiger partial charge in [0, 0.05) is 80.0 Å². The van der Waals surface area contributed by atoms with E-state index in [2.05, 4.69) is 9.97 Å². The lowest BCUT2D eigenvalue weighted by Gasteiger charge is -2.34. The molecule has 1 saturated heterocycles. The fourth-order valence-corrected chi connectivity index (χ4v) is 6.25. The Hall–Kier alpha value is -4.72. The van der Waals surface area contributed by atoms with Crippen molar-refractivity contribution in [2.75, 3.05) is 44.7 Å². The summed E-state index contributed by atoms with van der Waals surface area (Å²) in [6.07, 6.45) is 5.62. The van der Waals surface area contributed by atoms with Gasteiger partial charge in [-0.2, -0.15) is 13.9 Å². The molecule has 0 spiro atoms. The molecule has 42 heavy (non-hydrogen) atoms. The largest absolute Gasteiger partial charge is 0.434 e. The second-order valence-corrected chi connectivity index (χ2v) is 10.5. The zero-order valence-electron chi connectivity index (χ0n) is 22.5. The molecule has 1 fully saturated rings. The van der Waals surface area contributed by atoms with E-state index >= 15 is 0 Å². The molecule has 4 aromatic rings. The number of hydrogen-bond donors (Lipinski definition) is 1. The van der Waals surface area contributed by atoms with E-state index in [1.54, 1.807) is 58.2 Å². The van der Waals surface area contributed by atoms with Crippen LogP contribution >= 0.6 is 0 Å². The number of aliphatic hydroxyl groups excluding tert-OH is 1. The molecule has 5 heterocycles. The summed E-state index contributed by atoms with van der Waals surface area (Å²) < 4.78 is 33.3. The van der Waals surface area contributed by atoms with Crippen LogP contribution in [0.5, 0.6) is 5.75 Å². The van der Waals surface area contributed by atoms with Gasteiger partial charge in [0.25, 0.3) is 5.91 Å². The zero-order valence-corrected chi connectivity index (χ0v) is 22.5. The standard InChI is InChI=1S/C28H26F2N8O4/c1-35-19-11-17(22-16(26(35)41)3-2-4-20(22)42-27(29)30)23-24(19)34-38-6-5-18(33-25(23)38)15-12-31-28(32-13-15)37-9-7-36(8-10-37)21(40)14-39/h2-6,12-13,17,19,27,39H,7-11,14H2,1H3. The summed E-state index contributed by atoms with van der Waals surface area (Å²) in [6, 6.07) is 6.10. The Morgan fingerprint density at radius 2 is 1.88 bits per heavy atom. The number of hydrogen-bond acceptors (Lipinski definition) is 9. The maximum absolute atomic E-state index is 13.4. The number of anilines is 1. The fraction of sp³-hybridized carbons (Fsp3) is 0.357. The van der Waals surface area contributed by atoms with Crippen molar-refractivity contribution in [3.05, 3.63) is 65.2 Å². The smallest absolute Gasteiger partial charge is 0.387 e. The minimum Gasteiger partial charge on any atom is -0.434 e. The van der Waals surface area contributed by atoms with Crippen LogP contribution in [-0.2, 0) is 4.79 Å². The van der Waals surface area contributed by atoms with E-state index in [1.807, 2.05) is 4.90 Å². The van der Waals surface area contributed by atoms with E-state index in [1.165, 1.54) is 6.07 Å². The van der Waals surface area contributed by atoms with Crippen LogP contribution in [0, 0.1) is 0 Å². The first-order valence-corrected chi connectivity index (χ1v) is 13.5. The molecule has 2 amide bonds. The summed E-state index contributed by atoms with van der Waals surface area (Å²) in [5, 5.41) is 13.8. The van der Waals surface area contributed by atoms with Gasteiger partial charge in [0.1, 0.15) is 12.4 Å². The first kappa shape index (κ1) is 26.2. The molecule has 1 aromatic carbocycles. The Morgan fingerprint density at radius 1 is 1.12 bits per heavy atom. The number of amides is 2. The number of ether oxygens (including phenoxy) is 1. The highest BCUT2D eigenvalue weighted by Crippen LogP contribution is 2.53. The summed E-state index contributed by atoms with van der Waals surface area (Å²) in [6.45, 7) is -1.48. The molecule has 14 heteroatoms. The number of carbonyl (C=O) groups excluding carboxylic acids is 2. The number of piperazine rings is 1. The summed E-state index contributed by atoms with van der Waals surface area (Å²) in [7, 11) is 1.70. The second-order valence-electron chi connectivity index (χ2n) is 10.5. The quantitative estimate of drug-likeness (QED) is 0.380. The van der Waals surface area contributed by atoms with Gasteiger partial charge in [-0.25, -0.2) is 19.5 Å². The van der Waals surface area contributed by atoms with Crippen LogP contribution in [0.3, 0.4) is 0 Å². The molecule has 7 rings (SSSR count). The van der Waals surface area contributed by atoms with Gasteiger partial charge in [0.05, 0.1) is 17.4 Å². The molecule has 216 valence electrons. The highest BCUT2D eigenvalue weighted by molar-refractivity contribution is 5.98. The first-order chi connectivity index (χ1) is 20.3. The van der Waals surface area contributed by atoms with Gasteiger partial charge in [-0.1, -0.05) is 6.07 Å². The van der Waals surface area contributed by atoms with E-state index in [9.17, 15) is 18.4 Å². The van der Waals surface area contributed by atoms with Crippen LogP contribution < -0.4 is 9.64 Å². The molecular formula is C28H26F2N8O4. The van der Waals surface area contributed by atoms with Gasteiger partial charge < -0.3 is 24.5 Å². The minimum absolute atomic E-state index is 0.0243. The van der Waals surface area contributed by atoms with Crippen molar-refractivity contribution in [1.82, 2.24) is 34.4 Å². The molecule has 2 bridgehead atoms. The Kier molecular flexibility index (Phi) is 6.22. The number of halogens is 2. The maximum atomic E-state index is 13.4. The summed E-state index contributed by atoms with van der Waals surface area (Å²) >= 11 is 0. The van der Waals surface area contributed by atoms with Gasteiger partial charge in [0.15, 0.2) is 5.65 Å². The van der Waals surface area contributed by atoms with Crippen molar-refractivity contribution in [3.63, 3.8) is 0 Å². The Bertz CT molecular complexity index is 1700. The SMILES string of the molecule is CN1C(=O)c2cccc(OC(F)F)c2C2CC1c1nn3ccc(-c4cnc(N5CCN(C(=O)CO)CC5)nc4)nc3c12. The molecule has 1 N–H and O–H groups in total. The van der Waals surface area contributed by atoms with Crippen LogP contribution in [-0.4, -0.2) is 97.7 Å². The van der Waals surface area contributed by atoms with Crippen molar-refractivity contribution in [2.45, 2.75) is 25.0 Å². The number of aromatic nitrogens is 5. The predicted molar refractivity (Wildman–Crippen MR) is 144 cm³/mol. The summed E-state index contributed by atoms with van der Waals surface area (Å²) in [5.41, 5.74) is 4.06. The van der Waals surface area contributed by atoms with Crippen molar-refractivity contribution in [2.24, 2.45) is 0 Å². The van der Waals surface area contributed by atoms with Crippen LogP contribution in [0.25, 0.3) is 16.9 Å². The number of fused-ring (bicyclic) bond motifs is 9. The number of benzene rings is 1. The minimum atomic E-state index is -3.03. The van der Waals surface area contributed by atoms with E-state index < -0.39 is 19.1 Å². The molecule has 2 unspecified atom stereocenters. The summed E-state index contributed by atoms with van der Waals surface area (Å²) in [5.74, 6) is -0.477. The molecule has 0 radical (unpaired) electrons. The normalized spacial score (nSPS) is 19.7. The van der Waals surface area contributed by atoms with Crippen molar-refractivity contribution >= 4 is 23.4 Å². The van der Waals surface area contributed by atoms with E-state index in [0.29, 0.717) is 72.3 Å². The number of nitrogens with zero attached hydrogens (tertiary/aromatic N) is 8. The predicted octanol–water partition coefficient (Wildman–Crippen LogP) is 2.09. The van der Waals surface area contributed by atoms with Crippen molar-refractivity contribution in [1.29, 1.82) is 0 Å². The molecule has 1 aliphatic carbocycles. The van der Waals surface area contributed by atoms with E-state index in [-0.39, 0.29) is 23.6 Å². The monoisotopic (exact) mass is 576 g/mol. The van der Waals surface area contributed by atoms with Gasteiger partial charge in [-0.05, 0) is 24.6 Å². The number of rotatable bonds is 5. The zero-order chi connectivity index (χ0) is 29.1.